The van der Waals surface area contributed by atoms with Crippen LogP contribution in [0.15, 0.2) is 63.1 Å². The lowest BCUT2D eigenvalue weighted by molar-refractivity contribution is 0.00760. The minimum absolute atomic E-state index is 0.134. The predicted molar refractivity (Wildman–Crippen MR) is 154 cm³/mol. The van der Waals surface area contributed by atoms with Gasteiger partial charge in [0.05, 0.1) is 29.2 Å². The van der Waals surface area contributed by atoms with Gasteiger partial charge in [0.15, 0.2) is 0 Å². The van der Waals surface area contributed by atoms with Gasteiger partial charge in [-0.15, -0.1) is 0 Å². The van der Waals surface area contributed by atoms with Gasteiger partial charge in [-0.05, 0) is 55.5 Å². The van der Waals surface area contributed by atoms with Crippen LogP contribution < -0.4 is 9.64 Å². The van der Waals surface area contributed by atoms with Gasteiger partial charge in [0.2, 0.25) is 0 Å². The maximum Gasteiger partial charge on any atom is 0.335 e. The maximum absolute atomic E-state index is 11.3. The summed E-state index contributed by atoms with van der Waals surface area (Å²) in [6.07, 6.45) is 4.79. The highest BCUT2D eigenvalue weighted by atomic mass is 35.5. The Labute approximate surface area is 246 Å². The zero-order chi connectivity index (χ0) is 28.2. The smallest absolute Gasteiger partial charge is 0.335 e. The monoisotopic (exact) mass is 600 g/mol. The molecule has 2 N–H and O–H groups in total. The molecule has 1 saturated heterocycles. The van der Waals surface area contributed by atoms with E-state index in [-0.39, 0.29) is 31.2 Å². The number of aromatic carboxylic acids is 1. The van der Waals surface area contributed by atoms with Gasteiger partial charge in [-0.2, -0.15) is 0 Å². The first kappa shape index (κ1) is 27.2. The normalized spacial score (nSPS) is 20.3. The third kappa shape index (κ3) is 5.00. The lowest BCUT2D eigenvalue weighted by Crippen LogP contribution is -2.59. The number of carboxylic acids is 1. The Balaban J connectivity index is 1.19. The fourth-order valence-corrected chi connectivity index (χ4v) is 6.24. The molecule has 10 heteroatoms. The summed E-state index contributed by atoms with van der Waals surface area (Å²) in [5.41, 5.74) is 2.47. The maximum atomic E-state index is 11.3. The molecule has 208 valence electrons. The number of hydrogen-bond acceptors (Lipinski definition) is 6. The molecule has 1 saturated carbocycles. The number of aromatic nitrogens is 1. The van der Waals surface area contributed by atoms with Crippen LogP contribution in [0, 0.1) is 5.92 Å². The molecule has 3 aliphatic rings. The second-order valence-corrected chi connectivity index (χ2v) is 12.0. The molecule has 2 fully saturated rings. The van der Waals surface area contributed by atoms with E-state index >= 15 is 0 Å². The predicted octanol–water partition coefficient (Wildman–Crippen LogP) is 7.30. The Hall–Kier alpha value is -2.97. The number of ether oxygens (including phenoxy) is 1. The van der Waals surface area contributed by atoms with Gasteiger partial charge in [-0.3, -0.25) is 0 Å². The van der Waals surface area contributed by atoms with E-state index < -0.39 is 11.6 Å². The number of carboxylic acid groups (broad SMARTS) is 1. The number of anilines is 1. The number of nitrogens with zero attached hydrogens (tertiary/aromatic N) is 2. The number of benzene rings is 2. The van der Waals surface area contributed by atoms with E-state index in [2.05, 4.69) is 5.16 Å². The van der Waals surface area contributed by atoms with Crippen molar-refractivity contribution in [2.24, 2.45) is 5.92 Å². The van der Waals surface area contributed by atoms with Crippen LogP contribution in [0.25, 0.3) is 5.57 Å². The minimum Gasteiger partial charge on any atom is -0.489 e. The molecule has 1 unspecified atom stereocenters. The van der Waals surface area contributed by atoms with Crippen LogP contribution in [0.3, 0.4) is 0 Å². The second kappa shape index (κ2) is 10.5. The molecular formula is C30H27Cl3N2O5. The Kier molecular flexibility index (Phi) is 7.11. The van der Waals surface area contributed by atoms with Gasteiger partial charge in [-0.1, -0.05) is 65.1 Å². The summed E-state index contributed by atoms with van der Waals surface area (Å²) in [4.78, 5) is 13.2. The first-order chi connectivity index (χ1) is 19.1. The Bertz CT molecular complexity index is 1550. The molecule has 1 atom stereocenters. The molecule has 0 spiro atoms. The van der Waals surface area contributed by atoms with Gasteiger partial charge in [0.25, 0.3) is 0 Å². The Morgan fingerprint density at radius 1 is 1.18 bits per heavy atom. The van der Waals surface area contributed by atoms with Crippen molar-refractivity contribution in [3.63, 3.8) is 0 Å². The summed E-state index contributed by atoms with van der Waals surface area (Å²) < 4.78 is 11.9. The van der Waals surface area contributed by atoms with Gasteiger partial charge >= 0.3 is 5.97 Å². The quantitative estimate of drug-likeness (QED) is 0.280. The topological polar surface area (TPSA) is 96.0 Å². The van der Waals surface area contributed by atoms with Crippen molar-refractivity contribution in [1.29, 1.82) is 0 Å². The molecule has 0 radical (unpaired) electrons. The van der Waals surface area contributed by atoms with E-state index in [1.807, 2.05) is 24.0 Å². The fourth-order valence-electron chi connectivity index (χ4n) is 5.29. The van der Waals surface area contributed by atoms with Crippen molar-refractivity contribution < 1.29 is 24.3 Å². The number of halogens is 3. The summed E-state index contributed by atoms with van der Waals surface area (Å²) in [7, 11) is 0. The van der Waals surface area contributed by atoms with Crippen molar-refractivity contribution in [3.8, 4) is 5.75 Å². The van der Waals surface area contributed by atoms with Crippen LogP contribution in [0.5, 0.6) is 5.75 Å². The van der Waals surface area contributed by atoms with Crippen LogP contribution in [0.4, 0.5) is 5.69 Å². The highest BCUT2D eigenvalue weighted by Gasteiger charge is 2.44. The SMILES string of the molecule is CC1CC=C(Cl)C(c2noc(C3CC3)c2COc2ccc(C3(O)CN(c4cccc(C(=O)O)c4)C3)c(Cl)c2)=C1Cl. The van der Waals surface area contributed by atoms with Crippen LogP contribution in [-0.2, 0) is 12.2 Å². The summed E-state index contributed by atoms with van der Waals surface area (Å²) in [6, 6.07) is 11.9. The van der Waals surface area contributed by atoms with Crippen molar-refractivity contribution in [1.82, 2.24) is 5.16 Å². The molecule has 0 amide bonds. The zero-order valence-electron chi connectivity index (χ0n) is 21.7. The van der Waals surface area contributed by atoms with E-state index in [0.717, 1.165) is 36.3 Å². The van der Waals surface area contributed by atoms with Crippen LogP contribution in [0.1, 0.15) is 65.0 Å². The highest BCUT2D eigenvalue weighted by Crippen LogP contribution is 2.47. The number of rotatable bonds is 8. The average Bonchev–Trinajstić information content (AvgIpc) is 3.68. The van der Waals surface area contributed by atoms with E-state index in [9.17, 15) is 15.0 Å². The van der Waals surface area contributed by atoms with Crippen molar-refractivity contribution >= 4 is 52.0 Å². The molecule has 40 heavy (non-hydrogen) atoms. The molecular weight excluding hydrogens is 575 g/mol. The van der Waals surface area contributed by atoms with E-state index in [0.29, 0.717) is 43.6 Å². The van der Waals surface area contributed by atoms with Crippen LogP contribution in [0.2, 0.25) is 5.02 Å². The fraction of sp³-hybridized carbons (Fsp3) is 0.333. The lowest BCUT2D eigenvalue weighted by atomic mass is 9.85. The number of β-amino-alcohol motifs (C(OH)–C–C–N with tert-alkyl or cyclic N) is 1. The Morgan fingerprint density at radius 2 is 1.95 bits per heavy atom. The molecule has 2 heterocycles. The number of allylic oxidation sites excluding steroid dienone is 4. The largest absolute Gasteiger partial charge is 0.489 e. The standard InChI is InChI=1S/C30H27Cl3N2O5/c1-16-5-10-23(31)25(26(16)33)27-21(28(40-34-27)17-6-7-17)13-39-20-8-9-22(24(32)12-20)30(38)14-35(15-30)19-4-2-3-18(11-19)29(36)37/h2-4,8-12,16-17,38H,5-7,13-15H2,1H3,(H,36,37). The van der Waals surface area contributed by atoms with Gasteiger partial charge in [0.1, 0.15) is 29.4 Å². The minimum atomic E-state index is -1.17. The molecule has 1 aliphatic heterocycles. The van der Waals surface area contributed by atoms with E-state index in [1.54, 1.807) is 30.3 Å². The summed E-state index contributed by atoms with van der Waals surface area (Å²) in [6.45, 7) is 2.82. The average molecular weight is 602 g/mol. The summed E-state index contributed by atoms with van der Waals surface area (Å²) >= 11 is 19.9. The van der Waals surface area contributed by atoms with Crippen molar-refractivity contribution in [2.45, 2.75) is 44.3 Å². The van der Waals surface area contributed by atoms with Gasteiger partial charge < -0.3 is 24.4 Å². The highest BCUT2D eigenvalue weighted by molar-refractivity contribution is 6.42. The number of hydrogen-bond donors (Lipinski definition) is 2. The van der Waals surface area contributed by atoms with Crippen LogP contribution in [-0.4, -0.2) is 34.4 Å². The first-order valence-corrected chi connectivity index (χ1v) is 14.3. The summed E-state index contributed by atoms with van der Waals surface area (Å²) in [5.74, 6) is 0.783. The summed E-state index contributed by atoms with van der Waals surface area (Å²) in [5, 5.41) is 26.5. The van der Waals surface area contributed by atoms with Crippen molar-refractivity contribution in [2.75, 3.05) is 18.0 Å². The number of carbonyl (C=O) groups is 1. The van der Waals surface area contributed by atoms with Gasteiger partial charge in [0, 0.05) is 32.8 Å². The molecule has 0 bridgehead atoms. The van der Waals surface area contributed by atoms with Crippen molar-refractivity contribution in [3.05, 3.63) is 91.8 Å². The van der Waals surface area contributed by atoms with E-state index in [4.69, 9.17) is 44.1 Å². The van der Waals surface area contributed by atoms with Gasteiger partial charge in [-0.25, -0.2) is 4.79 Å². The molecule has 3 aromatic rings. The zero-order valence-corrected chi connectivity index (χ0v) is 23.9. The van der Waals surface area contributed by atoms with E-state index in [1.165, 1.54) is 6.07 Å². The molecule has 2 aliphatic carbocycles. The second-order valence-electron chi connectivity index (χ2n) is 10.7. The van der Waals surface area contributed by atoms with Crippen LogP contribution >= 0.6 is 34.8 Å². The first-order valence-electron chi connectivity index (χ1n) is 13.1. The lowest BCUT2D eigenvalue weighted by Gasteiger charge is -2.48. The number of aliphatic hydroxyl groups is 1. The molecule has 1 aromatic heterocycles. The Morgan fingerprint density at radius 3 is 2.65 bits per heavy atom. The molecule has 6 rings (SSSR count). The third-order valence-electron chi connectivity index (χ3n) is 7.75. The third-order valence-corrected chi connectivity index (χ3v) is 8.97. The molecule has 2 aromatic carbocycles. The molecule has 7 nitrogen and oxygen atoms in total.